The van der Waals surface area contributed by atoms with Crippen LogP contribution in [-0.2, 0) is 6.54 Å². The van der Waals surface area contributed by atoms with Crippen LogP contribution in [-0.4, -0.2) is 6.03 Å². The largest absolute Gasteiger partial charge is 0.334 e. The van der Waals surface area contributed by atoms with E-state index in [2.05, 4.69) is 42.5 Å². The van der Waals surface area contributed by atoms with Crippen molar-refractivity contribution in [3.8, 4) is 0 Å². The van der Waals surface area contributed by atoms with Crippen molar-refractivity contribution < 1.29 is 9.18 Å². The first kappa shape index (κ1) is 16.0. The lowest BCUT2D eigenvalue weighted by molar-refractivity contribution is 0.251. The molecule has 110 valence electrons. The van der Waals surface area contributed by atoms with Crippen LogP contribution in [0.4, 0.5) is 14.9 Å². The van der Waals surface area contributed by atoms with Crippen LogP contribution in [0.1, 0.15) is 11.1 Å². The van der Waals surface area contributed by atoms with E-state index in [9.17, 15) is 9.18 Å². The fraction of sp³-hybridized carbons (Fsp3) is 0.133. The number of amides is 2. The number of hydrogen-bond donors (Lipinski definition) is 2. The average Bonchev–Trinajstić information content (AvgIpc) is 2.43. The number of urea groups is 1. The molecule has 6 heteroatoms. The zero-order chi connectivity index (χ0) is 15.4. The minimum atomic E-state index is -0.375. The van der Waals surface area contributed by atoms with E-state index in [1.165, 1.54) is 6.07 Å². The summed E-state index contributed by atoms with van der Waals surface area (Å²) in [7, 11) is 0. The van der Waals surface area contributed by atoms with Crippen LogP contribution in [0.3, 0.4) is 0 Å². The highest BCUT2D eigenvalue weighted by atomic mass is 79.9. The molecule has 3 nitrogen and oxygen atoms in total. The van der Waals surface area contributed by atoms with Crippen molar-refractivity contribution >= 4 is 43.6 Å². The number of carbonyl (C=O) groups excluding carboxylic acids is 1. The molecule has 0 unspecified atom stereocenters. The SMILES string of the molecule is Cc1cc(Br)ccc1NC(=O)NCc1cc(Br)ccc1F. The van der Waals surface area contributed by atoms with Gasteiger partial charge in [0, 0.05) is 26.7 Å². The molecule has 2 aromatic carbocycles. The molecule has 0 aliphatic rings. The third-order valence-electron chi connectivity index (χ3n) is 2.88. The van der Waals surface area contributed by atoms with Crippen molar-refractivity contribution in [2.24, 2.45) is 0 Å². The molecule has 0 heterocycles. The predicted octanol–water partition coefficient (Wildman–Crippen LogP) is 4.98. The highest BCUT2D eigenvalue weighted by Gasteiger charge is 2.07. The molecule has 0 spiro atoms. The zero-order valence-corrected chi connectivity index (χ0v) is 14.4. The maximum Gasteiger partial charge on any atom is 0.319 e. The summed E-state index contributed by atoms with van der Waals surface area (Å²) in [6.45, 7) is 2.01. The van der Waals surface area contributed by atoms with Gasteiger partial charge < -0.3 is 10.6 Å². The monoisotopic (exact) mass is 414 g/mol. The summed E-state index contributed by atoms with van der Waals surface area (Å²) in [5, 5.41) is 5.37. The van der Waals surface area contributed by atoms with E-state index in [0.29, 0.717) is 11.3 Å². The van der Waals surface area contributed by atoms with Gasteiger partial charge in [-0.1, -0.05) is 31.9 Å². The number of hydrogen-bond acceptors (Lipinski definition) is 1. The molecule has 0 radical (unpaired) electrons. The van der Waals surface area contributed by atoms with E-state index < -0.39 is 0 Å². The third kappa shape index (κ3) is 4.54. The van der Waals surface area contributed by atoms with Crippen molar-refractivity contribution in [1.82, 2.24) is 5.32 Å². The molecule has 0 aromatic heterocycles. The fourth-order valence-electron chi connectivity index (χ4n) is 1.79. The second-order valence-corrected chi connectivity index (χ2v) is 6.33. The molecule has 2 N–H and O–H groups in total. The minimum Gasteiger partial charge on any atom is -0.334 e. The normalized spacial score (nSPS) is 10.3. The van der Waals surface area contributed by atoms with Gasteiger partial charge in [-0.25, -0.2) is 9.18 Å². The number of aryl methyl sites for hydroxylation is 1. The zero-order valence-electron chi connectivity index (χ0n) is 11.2. The lowest BCUT2D eigenvalue weighted by Crippen LogP contribution is -2.28. The number of benzene rings is 2. The summed E-state index contributed by atoms with van der Waals surface area (Å²) in [6, 6.07) is 9.79. The third-order valence-corrected chi connectivity index (χ3v) is 3.87. The van der Waals surface area contributed by atoms with Gasteiger partial charge in [0.05, 0.1) is 0 Å². The molecule has 0 atom stereocenters. The first-order valence-corrected chi connectivity index (χ1v) is 7.79. The maximum absolute atomic E-state index is 13.6. The summed E-state index contributed by atoms with van der Waals surface area (Å²) < 4.78 is 15.3. The van der Waals surface area contributed by atoms with E-state index >= 15 is 0 Å². The predicted molar refractivity (Wildman–Crippen MR) is 88.8 cm³/mol. The standard InChI is InChI=1S/C15H13Br2FN2O/c1-9-6-11(16)3-5-14(9)20-15(21)19-8-10-7-12(17)2-4-13(10)18/h2-7H,8H2,1H3,(H2,19,20,21). The first-order valence-electron chi connectivity index (χ1n) is 6.20. The number of rotatable bonds is 3. The van der Waals surface area contributed by atoms with Crippen molar-refractivity contribution in [3.63, 3.8) is 0 Å². The lowest BCUT2D eigenvalue weighted by atomic mass is 10.2. The van der Waals surface area contributed by atoms with Gasteiger partial charge in [0.1, 0.15) is 5.82 Å². The summed E-state index contributed by atoms with van der Waals surface area (Å²) in [5.74, 6) is -0.349. The Morgan fingerprint density at radius 2 is 1.81 bits per heavy atom. The van der Waals surface area contributed by atoms with Gasteiger partial charge in [-0.15, -0.1) is 0 Å². The van der Waals surface area contributed by atoms with Crippen LogP contribution in [0.25, 0.3) is 0 Å². The van der Waals surface area contributed by atoms with E-state index in [-0.39, 0.29) is 18.4 Å². The Bertz CT molecular complexity index is 677. The Kier molecular flexibility index (Phi) is 5.36. The Morgan fingerprint density at radius 3 is 2.52 bits per heavy atom. The molecular formula is C15H13Br2FN2O. The van der Waals surface area contributed by atoms with Crippen LogP contribution < -0.4 is 10.6 Å². The van der Waals surface area contributed by atoms with Crippen LogP contribution in [0.2, 0.25) is 0 Å². The van der Waals surface area contributed by atoms with E-state index in [1.807, 2.05) is 19.1 Å². The summed E-state index contributed by atoms with van der Waals surface area (Å²) in [5.41, 5.74) is 2.07. The summed E-state index contributed by atoms with van der Waals surface area (Å²) in [6.07, 6.45) is 0. The molecular weight excluding hydrogens is 403 g/mol. The van der Waals surface area contributed by atoms with E-state index in [0.717, 1.165) is 14.5 Å². The Morgan fingerprint density at radius 1 is 1.14 bits per heavy atom. The molecule has 2 aromatic rings. The maximum atomic E-state index is 13.6. The van der Waals surface area contributed by atoms with Gasteiger partial charge in [-0.2, -0.15) is 0 Å². The highest BCUT2D eigenvalue weighted by molar-refractivity contribution is 9.10. The van der Waals surface area contributed by atoms with Crippen LogP contribution in [0.5, 0.6) is 0 Å². The smallest absolute Gasteiger partial charge is 0.319 e. The van der Waals surface area contributed by atoms with Crippen molar-refractivity contribution in [2.75, 3.05) is 5.32 Å². The van der Waals surface area contributed by atoms with Gasteiger partial charge in [0.15, 0.2) is 0 Å². The van der Waals surface area contributed by atoms with Crippen molar-refractivity contribution in [3.05, 3.63) is 62.3 Å². The van der Waals surface area contributed by atoms with Gasteiger partial charge in [0.25, 0.3) is 0 Å². The number of halogens is 3. The number of nitrogens with one attached hydrogen (secondary N) is 2. The van der Waals surface area contributed by atoms with Gasteiger partial charge in [-0.05, 0) is 48.9 Å². The summed E-state index contributed by atoms with van der Waals surface area (Å²) >= 11 is 6.64. The fourth-order valence-corrected chi connectivity index (χ4v) is 2.67. The highest BCUT2D eigenvalue weighted by Crippen LogP contribution is 2.20. The van der Waals surface area contributed by atoms with Crippen LogP contribution >= 0.6 is 31.9 Å². The van der Waals surface area contributed by atoms with E-state index in [1.54, 1.807) is 18.2 Å². The average molecular weight is 416 g/mol. The second-order valence-electron chi connectivity index (χ2n) is 4.50. The van der Waals surface area contributed by atoms with Crippen LogP contribution in [0, 0.1) is 12.7 Å². The molecule has 2 amide bonds. The van der Waals surface area contributed by atoms with Gasteiger partial charge >= 0.3 is 6.03 Å². The molecule has 21 heavy (non-hydrogen) atoms. The number of carbonyl (C=O) groups is 1. The Labute approximate surface area is 139 Å². The Hall–Kier alpha value is -1.40. The molecule has 0 saturated carbocycles. The van der Waals surface area contributed by atoms with Gasteiger partial charge in [-0.3, -0.25) is 0 Å². The molecule has 0 saturated heterocycles. The molecule has 0 aliphatic carbocycles. The second kappa shape index (κ2) is 7.04. The topological polar surface area (TPSA) is 41.1 Å². The minimum absolute atomic E-state index is 0.118. The summed E-state index contributed by atoms with van der Waals surface area (Å²) in [4.78, 5) is 11.9. The van der Waals surface area contributed by atoms with Gasteiger partial charge in [0.2, 0.25) is 0 Å². The quantitative estimate of drug-likeness (QED) is 0.729. The van der Waals surface area contributed by atoms with E-state index in [4.69, 9.17) is 0 Å². The molecule has 0 bridgehead atoms. The lowest BCUT2D eigenvalue weighted by Gasteiger charge is -2.11. The molecule has 0 aliphatic heterocycles. The molecule has 0 fully saturated rings. The van der Waals surface area contributed by atoms with Crippen molar-refractivity contribution in [1.29, 1.82) is 0 Å². The van der Waals surface area contributed by atoms with Crippen LogP contribution in [0.15, 0.2) is 45.3 Å². The first-order chi connectivity index (χ1) is 9.95. The molecule has 2 rings (SSSR count). The van der Waals surface area contributed by atoms with Crippen molar-refractivity contribution in [2.45, 2.75) is 13.5 Å². The number of anilines is 1. The Balaban J connectivity index is 1.97.